The molecule has 0 radical (unpaired) electrons. The Morgan fingerprint density at radius 3 is 2.32 bits per heavy atom. The van der Waals surface area contributed by atoms with E-state index in [2.05, 4.69) is 5.16 Å². The molecule has 2 nitrogen and oxygen atoms in total. The predicted octanol–water partition coefficient (Wildman–Crippen LogP) is 4.29. The van der Waals surface area contributed by atoms with Crippen LogP contribution in [-0.4, -0.2) is 5.16 Å². The molecule has 4 heteroatoms. The SMILES string of the molecule is Fc1ccc(-c2cc(-c3ccccc3)no2)cc1F. The number of rotatable bonds is 2. The number of hydrogen-bond donors (Lipinski definition) is 0. The summed E-state index contributed by atoms with van der Waals surface area (Å²) in [7, 11) is 0. The van der Waals surface area contributed by atoms with Crippen molar-refractivity contribution in [3.05, 3.63) is 66.2 Å². The molecule has 0 atom stereocenters. The number of halogens is 2. The van der Waals surface area contributed by atoms with Gasteiger partial charge in [-0.05, 0) is 18.2 Å². The molecule has 1 aromatic heterocycles. The molecule has 0 saturated heterocycles. The Hall–Kier alpha value is -2.49. The Morgan fingerprint density at radius 2 is 1.58 bits per heavy atom. The van der Waals surface area contributed by atoms with Crippen molar-refractivity contribution in [2.45, 2.75) is 0 Å². The van der Waals surface area contributed by atoms with Gasteiger partial charge in [0.25, 0.3) is 0 Å². The van der Waals surface area contributed by atoms with Crippen molar-refractivity contribution in [1.29, 1.82) is 0 Å². The minimum absolute atomic E-state index is 0.401. The van der Waals surface area contributed by atoms with Crippen LogP contribution in [0.3, 0.4) is 0 Å². The van der Waals surface area contributed by atoms with Crippen LogP contribution < -0.4 is 0 Å². The Balaban J connectivity index is 1.99. The Morgan fingerprint density at radius 1 is 0.789 bits per heavy atom. The fraction of sp³-hybridized carbons (Fsp3) is 0. The number of hydrogen-bond acceptors (Lipinski definition) is 2. The van der Waals surface area contributed by atoms with Crippen LogP contribution in [0.4, 0.5) is 8.78 Å². The van der Waals surface area contributed by atoms with Crippen LogP contribution in [0.5, 0.6) is 0 Å². The van der Waals surface area contributed by atoms with Gasteiger partial charge in [0.05, 0.1) is 0 Å². The first kappa shape index (κ1) is 11.6. The standard InChI is InChI=1S/C15H9F2NO/c16-12-7-6-11(8-13(12)17)15-9-14(18-19-15)10-4-2-1-3-5-10/h1-9H. The monoisotopic (exact) mass is 257 g/mol. The number of nitrogens with zero attached hydrogens (tertiary/aromatic N) is 1. The van der Waals surface area contributed by atoms with Crippen molar-refractivity contribution >= 4 is 0 Å². The van der Waals surface area contributed by atoms with Crippen LogP contribution in [0.2, 0.25) is 0 Å². The largest absolute Gasteiger partial charge is 0.356 e. The third-order valence-corrected chi connectivity index (χ3v) is 2.78. The summed E-state index contributed by atoms with van der Waals surface area (Å²) in [6.07, 6.45) is 0. The van der Waals surface area contributed by atoms with E-state index in [1.54, 1.807) is 6.07 Å². The topological polar surface area (TPSA) is 26.0 Å². The van der Waals surface area contributed by atoms with Gasteiger partial charge in [-0.15, -0.1) is 0 Å². The van der Waals surface area contributed by atoms with Crippen molar-refractivity contribution in [1.82, 2.24) is 5.16 Å². The first-order valence-electron chi connectivity index (χ1n) is 5.71. The summed E-state index contributed by atoms with van der Waals surface area (Å²) in [6.45, 7) is 0. The summed E-state index contributed by atoms with van der Waals surface area (Å²) in [5.74, 6) is -1.39. The summed E-state index contributed by atoms with van der Waals surface area (Å²) in [6, 6.07) is 14.8. The highest BCUT2D eigenvalue weighted by atomic mass is 19.2. The molecule has 3 rings (SSSR count). The average molecular weight is 257 g/mol. The van der Waals surface area contributed by atoms with E-state index >= 15 is 0 Å². The van der Waals surface area contributed by atoms with Crippen LogP contribution in [0.25, 0.3) is 22.6 Å². The fourth-order valence-electron chi connectivity index (χ4n) is 1.81. The van der Waals surface area contributed by atoms with Gasteiger partial charge >= 0.3 is 0 Å². The summed E-state index contributed by atoms with van der Waals surface area (Å²) < 4.78 is 31.2. The normalized spacial score (nSPS) is 10.6. The molecule has 3 aromatic rings. The highest BCUT2D eigenvalue weighted by Gasteiger charge is 2.10. The second-order valence-corrected chi connectivity index (χ2v) is 4.07. The second kappa shape index (κ2) is 4.65. The Kier molecular flexibility index (Phi) is 2.83. The van der Waals surface area contributed by atoms with E-state index in [9.17, 15) is 8.78 Å². The minimum atomic E-state index is -0.907. The molecular formula is C15H9F2NO. The second-order valence-electron chi connectivity index (χ2n) is 4.07. The van der Waals surface area contributed by atoms with Gasteiger partial charge in [0.2, 0.25) is 0 Å². The summed E-state index contributed by atoms with van der Waals surface area (Å²) in [5, 5.41) is 3.92. The molecule has 19 heavy (non-hydrogen) atoms. The van der Waals surface area contributed by atoms with Crippen molar-refractivity contribution in [2.24, 2.45) is 0 Å². The molecule has 0 aliphatic heterocycles. The zero-order valence-electron chi connectivity index (χ0n) is 9.81. The highest BCUT2D eigenvalue weighted by Crippen LogP contribution is 2.26. The summed E-state index contributed by atoms with van der Waals surface area (Å²) >= 11 is 0. The third kappa shape index (κ3) is 2.25. The maximum absolute atomic E-state index is 13.2. The van der Waals surface area contributed by atoms with Gasteiger partial charge in [0.15, 0.2) is 17.4 Å². The molecule has 0 spiro atoms. The van der Waals surface area contributed by atoms with Crippen LogP contribution in [0, 0.1) is 11.6 Å². The van der Waals surface area contributed by atoms with Gasteiger partial charge < -0.3 is 4.52 Å². The van der Waals surface area contributed by atoms with Crippen molar-refractivity contribution in [2.75, 3.05) is 0 Å². The Bertz CT molecular complexity index is 707. The van der Waals surface area contributed by atoms with Crippen molar-refractivity contribution in [3.8, 4) is 22.6 Å². The minimum Gasteiger partial charge on any atom is -0.356 e. The van der Waals surface area contributed by atoms with Crippen LogP contribution >= 0.6 is 0 Å². The molecule has 0 N–H and O–H groups in total. The van der Waals surface area contributed by atoms with Gasteiger partial charge in [-0.25, -0.2) is 8.78 Å². The third-order valence-electron chi connectivity index (χ3n) is 2.78. The van der Waals surface area contributed by atoms with E-state index < -0.39 is 11.6 Å². The van der Waals surface area contributed by atoms with E-state index in [-0.39, 0.29) is 0 Å². The number of benzene rings is 2. The lowest BCUT2D eigenvalue weighted by molar-refractivity contribution is 0.434. The molecule has 0 aliphatic rings. The zero-order valence-corrected chi connectivity index (χ0v) is 9.81. The lowest BCUT2D eigenvalue weighted by Gasteiger charge is -1.96. The van der Waals surface area contributed by atoms with Gasteiger partial charge in [0, 0.05) is 17.2 Å². The van der Waals surface area contributed by atoms with Crippen LogP contribution in [0.1, 0.15) is 0 Å². The lowest BCUT2D eigenvalue weighted by atomic mass is 10.1. The lowest BCUT2D eigenvalue weighted by Crippen LogP contribution is -1.83. The van der Waals surface area contributed by atoms with Gasteiger partial charge in [0.1, 0.15) is 5.69 Å². The molecule has 0 saturated carbocycles. The quantitative estimate of drug-likeness (QED) is 0.684. The average Bonchev–Trinajstić information content (AvgIpc) is 2.93. The summed E-state index contributed by atoms with van der Waals surface area (Å²) in [4.78, 5) is 0. The molecule has 2 aromatic carbocycles. The molecule has 94 valence electrons. The maximum Gasteiger partial charge on any atom is 0.167 e. The molecular weight excluding hydrogens is 248 g/mol. The van der Waals surface area contributed by atoms with E-state index in [0.29, 0.717) is 17.0 Å². The van der Waals surface area contributed by atoms with Crippen LogP contribution in [-0.2, 0) is 0 Å². The molecule has 0 aliphatic carbocycles. The van der Waals surface area contributed by atoms with Crippen molar-refractivity contribution in [3.63, 3.8) is 0 Å². The fourth-order valence-corrected chi connectivity index (χ4v) is 1.81. The van der Waals surface area contributed by atoms with Gasteiger partial charge in [-0.1, -0.05) is 35.5 Å². The first-order chi connectivity index (χ1) is 9.24. The van der Waals surface area contributed by atoms with E-state index in [0.717, 1.165) is 17.7 Å². The molecule has 0 amide bonds. The molecule has 1 heterocycles. The Labute approximate surface area is 108 Å². The molecule has 0 fully saturated rings. The van der Waals surface area contributed by atoms with Crippen molar-refractivity contribution < 1.29 is 13.3 Å². The summed E-state index contributed by atoms with van der Waals surface area (Å²) in [5.41, 5.74) is 2.01. The van der Waals surface area contributed by atoms with E-state index in [1.165, 1.54) is 6.07 Å². The molecule has 0 bridgehead atoms. The number of aromatic nitrogens is 1. The molecule has 0 unspecified atom stereocenters. The predicted molar refractivity (Wildman–Crippen MR) is 67.3 cm³/mol. The van der Waals surface area contributed by atoms with Gasteiger partial charge in [-0.3, -0.25) is 0 Å². The zero-order chi connectivity index (χ0) is 13.2. The first-order valence-corrected chi connectivity index (χ1v) is 5.71. The van der Waals surface area contributed by atoms with Gasteiger partial charge in [-0.2, -0.15) is 0 Å². The van der Waals surface area contributed by atoms with E-state index in [1.807, 2.05) is 30.3 Å². The van der Waals surface area contributed by atoms with E-state index in [4.69, 9.17) is 4.52 Å². The van der Waals surface area contributed by atoms with Crippen LogP contribution in [0.15, 0.2) is 59.1 Å². The highest BCUT2D eigenvalue weighted by molar-refractivity contribution is 5.66. The smallest absolute Gasteiger partial charge is 0.167 e. The maximum atomic E-state index is 13.2.